The third-order valence-electron chi connectivity index (χ3n) is 2.08. The van der Waals surface area contributed by atoms with E-state index in [0.29, 0.717) is 0 Å². The highest BCUT2D eigenvalue weighted by Crippen LogP contribution is 2.26. The maximum Gasteiger partial charge on any atom is 0.00964 e. The minimum Gasteiger partial charge on any atom is -0.300 e. The largest absolute Gasteiger partial charge is 0.300 e. The van der Waals surface area contributed by atoms with Gasteiger partial charge in [0.2, 0.25) is 0 Å². The van der Waals surface area contributed by atoms with Gasteiger partial charge in [0.15, 0.2) is 0 Å². The van der Waals surface area contributed by atoms with E-state index >= 15 is 0 Å². The Kier molecular flexibility index (Phi) is 3.20. The van der Waals surface area contributed by atoms with Gasteiger partial charge < -0.3 is 4.90 Å². The molecule has 0 amide bonds. The predicted octanol–water partition coefficient (Wildman–Crippen LogP) is 2.27. The molecule has 0 saturated heterocycles. The fraction of sp³-hybridized carbons (Fsp3) is 1.00. The van der Waals surface area contributed by atoms with Crippen LogP contribution in [0.25, 0.3) is 0 Å². The molecule has 1 heteroatoms. The Morgan fingerprint density at radius 2 is 1.60 bits per heavy atom. The van der Waals surface area contributed by atoms with Crippen molar-refractivity contribution in [3.05, 3.63) is 0 Å². The molecule has 1 nitrogen and oxygen atoms in total. The summed E-state index contributed by atoms with van der Waals surface area (Å²) in [6, 6.07) is 0.972. The van der Waals surface area contributed by atoms with Crippen molar-refractivity contribution in [3.63, 3.8) is 0 Å². The highest BCUT2D eigenvalue weighted by atomic mass is 15.2. The Hall–Kier alpha value is -0.0400. The minimum absolute atomic E-state index is 0.972. The summed E-state index contributed by atoms with van der Waals surface area (Å²) in [6.45, 7) is 7.17. The van der Waals surface area contributed by atoms with E-state index in [-0.39, 0.29) is 0 Å². The van der Waals surface area contributed by atoms with Crippen molar-refractivity contribution in [1.82, 2.24) is 4.90 Å². The summed E-state index contributed by atoms with van der Waals surface area (Å²) < 4.78 is 0. The first-order chi connectivity index (χ1) is 4.88. The van der Waals surface area contributed by atoms with E-state index in [4.69, 9.17) is 0 Å². The maximum atomic E-state index is 2.64. The van der Waals surface area contributed by atoms with Crippen LogP contribution >= 0.6 is 0 Å². The minimum atomic E-state index is 0.972. The fourth-order valence-electron chi connectivity index (χ4n) is 1.49. The fourth-order valence-corrected chi connectivity index (χ4v) is 1.49. The maximum absolute atomic E-state index is 2.64. The zero-order chi connectivity index (χ0) is 7.40. The molecule has 1 aliphatic carbocycles. The highest BCUT2D eigenvalue weighted by Gasteiger charge is 2.27. The Morgan fingerprint density at radius 1 is 1.10 bits per heavy atom. The van der Waals surface area contributed by atoms with E-state index in [0.717, 1.165) is 6.04 Å². The zero-order valence-corrected chi connectivity index (χ0v) is 7.27. The van der Waals surface area contributed by atoms with Gasteiger partial charge in [-0.15, -0.1) is 0 Å². The third-order valence-corrected chi connectivity index (χ3v) is 2.08. The SMILES string of the molecule is CCCN(CCC)C1CC1. The topological polar surface area (TPSA) is 3.24 Å². The average Bonchev–Trinajstić information content (AvgIpc) is 2.69. The monoisotopic (exact) mass is 141 g/mol. The van der Waals surface area contributed by atoms with Crippen LogP contribution in [-0.4, -0.2) is 24.0 Å². The van der Waals surface area contributed by atoms with Crippen LogP contribution in [0.2, 0.25) is 0 Å². The third kappa shape index (κ3) is 2.30. The van der Waals surface area contributed by atoms with Crippen LogP contribution in [0.4, 0.5) is 0 Å². The summed E-state index contributed by atoms with van der Waals surface area (Å²) in [4.78, 5) is 2.64. The summed E-state index contributed by atoms with van der Waals surface area (Å²) >= 11 is 0. The molecule has 0 N–H and O–H groups in total. The van der Waals surface area contributed by atoms with Crippen molar-refractivity contribution in [2.75, 3.05) is 13.1 Å². The predicted molar refractivity (Wildman–Crippen MR) is 45.2 cm³/mol. The van der Waals surface area contributed by atoms with E-state index in [1.165, 1.54) is 38.8 Å². The van der Waals surface area contributed by atoms with Crippen molar-refractivity contribution in [2.24, 2.45) is 0 Å². The standard InChI is InChI=1S/C9H19N/c1-3-7-10(8-4-2)9-5-6-9/h9H,3-8H2,1-2H3. The van der Waals surface area contributed by atoms with Gasteiger partial charge in [0.25, 0.3) is 0 Å². The van der Waals surface area contributed by atoms with Crippen molar-refractivity contribution in [3.8, 4) is 0 Å². The Labute approximate surface area is 64.4 Å². The van der Waals surface area contributed by atoms with Gasteiger partial charge >= 0.3 is 0 Å². The van der Waals surface area contributed by atoms with Gasteiger partial charge in [-0.2, -0.15) is 0 Å². The molecule has 1 fully saturated rings. The van der Waals surface area contributed by atoms with Crippen LogP contribution in [0.15, 0.2) is 0 Å². The van der Waals surface area contributed by atoms with Crippen molar-refractivity contribution in [1.29, 1.82) is 0 Å². The summed E-state index contributed by atoms with van der Waals surface area (Å²) in [5, 5.41) is 0. The Balaban J connectivity index is 2.13. The number of nitrogens with zero attached hydrogens (tertiary/aromatic N) is 1. The molecule has 0 atom stereocenters. The second kappa shape index (κ2) is 3.97. The first kappa shape index (κ1) is 8.06. The molecule has 1 rings (SSSR count). The van der Waals surface area contributed by atoms with Crippen LogP contribution in [-0.2, 0) is 0 Å². The summed E-state index contributed by atoms with van der Waals surface area (Å²) in [7, 11) is 0. The van der Waals surface area contributed by atoms with Gasteiger partial charge in [-0.1, -0.05) is 13.8 Å². The molecule has 0 unspecified atom stereocenters. The van der Waals surface area contributed by atoms with E-state index < -0.39 is 0 Å². The van der Waals surface area contributed by atoms with Crippen LogP contribution in [0, 0.1) is 0 Å². The molecule has 1 saturated carbocycles. The van der Waals surface area contributed by atoms with Gasteiger partial charge in [0.05, 0.1) is 0 Å². The quantitative estimate of drug-likeness (QED) is 0.567. The van der Waals surface area contributed by atoms with Gasteiger partial charge in [0, 0.05) is 6.04 Å². The van der Waals surface area contributed by atoms with Crippen LogP contribution < -0.4 is 0 Å². The Bertz CT molecular complexity index is 80.7. The molecule has 0 aromatic heterocycles. The first-order valence-electron chi connectivity index (χ1n) is 4.62. The molecule has 10 heavy (non-hydrogen) atoms. The summed E-state index contributed by atoms with van der Waals surface area (Å²) in [5.74, 6) is 0. The summed E-state index contributed by atoms with van der Waals surface area (Å²) in [5.41, 5.74) is 0. The second-order valence-corrected chi connectivity index (χ2v) is 3.27. The van der Waals surface area contributed by atoms with Crippen LogP contribution in [0.1, 0.15) is 39.5 Å². The lowest BCUT2D eigenvalue weighted by atomic mass is 10.3. The molecule has 0 aromatic carbocycles. The van der Waals surface area contributed by atoms with E-state index in [1.54, 1.807) is 0 Å². The molecule has 0 heterocycles. The molecule has 0 spiro atoms. The lowest BCUT2D eigenvalue weighted by molar-refractivity contribution is 0.264. The smallest absolute Gasteiger partial charge is 0.00964 e. The summed E-state index contributed by atoms with van der Waals surface area (Å²) in [6.07, 6.45) is 5.55. The molecule has 0 aliphatic heterocycles. The zero-order valence-electron chi connectivity index (χ0n) is 7.27. The lowest BCUT2D eigenvalue weighted by Crippen LogP contribution is -2.27. The number of hydrogen-bond acceptors (Lipinski definition) is 1. The molecular formula is C9H19N. The van der Waals surface area contributed by atoms with Gasteiger partial charge in [-0.25, -0.2) is 0 Å². The van der Waals surface area contributed by atoms with Crippen molar-refractivity contribution < 1.29 is 0 Å². The molecule has 0 radical (unpaired) electrons. The van der Waals surface area contributed by atoms with E-state index in [2.05, 4.69) is 18.7 Å². The Morgan fingerprint density at radius 3 is 1.90 bits per heavy atom. The van der Waals surface area contributed by atoms with Crippen LogP contribution in [0.5, 0.6) is 0 Å². The highest BCUT2D eigenvalue weighted by molar-refractivity contribution is 4.83. The molecule has 1 aliphatic rings. The average molecular weight is 141 g/mol. The van der Waals surface area contributed by atoms with E-state index in [1.807, 2.05) is 0 Å². The van der Waals surface area contributed by atoms with Crippen molar-refractivity contribution >= 4 is 0 Å². The first-order valence-corrected chi connectivity index (χ1v) is 4.62. The van der Waals surface area contributed by atoms with Gasteiger partial charge in [-0.05, 0) is 38.8 Å². The molecule has 0 aromatic rings. The van der Waals surface area contributed by atoms with Crippen LogP contribution in [0.3, 0.4) is 0 Å². The number of hydrogen-bond donors (Lipinski definition) is 0. The second-order valence-electron chi connectivity index (χ2n) is 3.27. The van der Waals surface area contributed by atoms with Gasteiger partial charge in [0.1, 0.15) is 0 Å². The number of rotatable bonds is 5. The van der Waals surface area contributed by atoms with Crippen molar-refractivity contribution in [2.45, 2.75) is 45.6 Å². The lowest BCUT2D eigenvalue weighted by Gasteiger charge is -2.19. The van der Waals surface area contributed by atoms with Gasteiger partial charge in [-0.3, -0.25) is 0 Å². The normalized spacial score (nSPS) is 18.3. The molecule has 60 valence electrons. The molecular weight excluding hydrogens is 122 g/mol. The molecule has 0 bridgehead atoms. The van der Waals surface area contributed by atoms with E-state index in [9.17, 15) is 0 Å².